The molecule has 1 unspecified atom stereocenters. The van der Waals surface area contributed by atoms with E-state index in [0.717, 1.165) is 16.9 Å². The summed E-state index contributed by atoms with van der Waals surface area (Å²) in [7, 11) is 1.83. The van der Waals surface area contributed by atoms with Gasteiger partial charge in [-0.2, -0.15) is 18.3 Å². The number of fused-ring (bicyclic) bond motifs is 1. The largest absolute Gasteiger partial charge is 0.392 e. The molecule has 0 saturated heterocycles. The van der Waals surface area contributed by atoms with Crippen LogP contribution in [0.1, 0.15) is 18.7 Å². The van der Waals surface area contributed by atoms with Crippen LogP contribution in [0.3, 0.4) is 0 Å². The summed E-state index contributed by atoms with van der Waals surface area (Å²) in [6.07, 6.45) is 2.00. The lowest BCUT2D eigenvalue weighted by atomic mass is 9.98. The number of nitrogens with one attached hydrogen (secondary N) is 1. The first-order valence-electron chi connectivity index (χ1n) is 10.0. The fourth-order valence-corrected chi connectivity index (χ4v) is 3.81. The molecule has 0 bridgehead atoms. The molecule has 31 heavy (non-hydrogen) atoms. The van der Waals surface area contributed by atoms with Crippen molar-refractivity contribution in [3.8, 4) is 11.1 Å². The second-order valence-electron chi connectivity index (χ2n) is 7.84. The minimum Gasteiger partial charge on any atom is -0.325 e. The number of aryl methyl sites for hydroxylation is 1. The Kier molecular flexibility index (Phi) is 4.64. The Morgan fingerprint density at radius 1 is 1.10 bits per heavy atom. The Balaban J connectivity index is 1.41. The zero-order valence-corrected chi connectivity index (χ0v) is 16.7. The highest BCUT2D eigenvalue weighted by atomic mass is 19.4. The average Bonchev–Trinajstić information content (AvgIpc) is 3.38. The number of nitrogens with zero attached hydrogens (tertiary/aromatic N) is 6. The van der Waals surface area contributed by atoms with Gasteiger partial charge in [-0.3, -0.25) is 9.08 Å². The van der Waals surface area contributed by atoms with Crippen molar-refractivity contribution in [2.45, 2.75) is 25.4 Å². The van der Waals surface area contributed by atoms with Gasteiger partial charge in [0.1, 0.15) is 17.5 Å². The van der Waals surface area contributed by atoms with E-state index in [9.17, 15) is 13.2 Å². The van der Waals surface area contributed by atoms with Gasteiger partial charge in [0.05, 0.1) is 12.1 Å². The first-order chi connectivity index (χ1) is 14.9. The van der Waals surface area contributed by atoms with Crippen molar-refractivity contribution in [1.29, 1.82) is 0 Å². The smallest absolute Gasteiger partial charge is 0.325 e. The van der Waals surface area contributed by atoms with Crippen molar-refractivity contribution in [2.75, 3.05) is 5.32 Å². The summed E-state index contributed by atoms with van der Waals surface area (Å²) in [6, 6.07) is 9.27. The number of rotatable bonds is 6. The third-order valence-corrected chi connectivity index (χ3v) is 5.66. The number of pyridine rings is 2. The van der Waals surface area contributed by atoms with Gasteiger partial charge in [0.15, 0.2) is 5.65 Å². The maximum Gasteiger partial charge on any atom is 0.392 e. The van der Waals surface area contributed by atoms with Crippen LogP contribution >= 0.6 is 0 Å². The van der Waals surface area contributed by atoms with E-state index < -0.39 is 12.1 Å². The minimum atomic E-state index is -4.22. The maximum absolute atomic E-state index is 13.4. The van der Waals surface area contributed by atoms with Gasteiger partial charge < -0.3 is 5.32 Å². The van der Waals surface area contributed by atoms with Gasteiger partial charge in [-0.25, -0.2) is 4.98 Å². The lowest BCUT2D eigenvalue weighted by molar-refractivity contribution is -0.180. The van der Waals surface area contributed by atoms with E-state index in [-0.39, 0.29) is 12.3 Å². The summed E-state index contributed by atoms with van der Waals surface area (Å²) in [4.78, 5) is 4.33. The zero-order chi connectivity index (χ0) is 21.6. The summed E-state index contributed by atoms with van der Waals surface area (Å²) in [5.41, 5.74) is 2.29. The summed E-state index contributed by atoms with van der Waals surface area (Å²) in [6.45, 7) is 0. The molecule has 0 amide bonds. The number of anilines is 2. The molecule has 7 nitrogen and oxygen atoms in total. The van der Waals surface area contributed by atoms with Crippen molar-refractivity contribution >= 4 is 17.3 Å². The van der Waals surface area contributed by atoms with Crippen LogP contribution in [0.25, 0.3) is 16.8 Å². The molecule has 5 rings (SSSR count). The van der Waals surface area contributed by atoms with Gasteiger partial charge in [-0.05, 0) is 54.2 Å². The molecular formula is C21H20F3N7. The molecule has 10 heteroatoms. The molecule has 4 heterocycles. The van der Waals surface area contributed by atoms with E-state index in [0.29, 0.717) is 30.1 Å². The van der Waals surface area contributed by atoms with E-state index in [2.05, 4.69) is 25.6 Å². The molecule has 0 radical (unpaired) electrons. The normalized spacial score (nSPS) is 15.4. The number of hydrogen-bond acceptors (Lipinski definition) is 5. The predicted molar refractivity (Wildman–Crippen MR) is 109 cm³/mol. The van der Waals surface area contributed by atoms with E-state index in [1.165, 1.54) is 0 Å². The van der Waals surface area contributed by atoms with Crippen LogP contribution < -0.4 is 5.32 Å². The molecule has 4 aromatic rings. The Morgan fingerprint density at radius 2 is 1.90 bits per heavy atom. The van der Waals surface area contributed by atoms with Crippen LogP contribution in [-0.4, -0.2) is 35.5 Å². The average molecular weight is 427 g/mol. The van der Waals surface area contributed by atoms with Gasteiger partial charge in [0, 0.05) is 31.9 Å². The second kappa shape index (κ2) is 7.36. The van der Waals surface area contributed by atoms with Gasteiger partial charge in [0.25, 0.3) is 0 Å². The van der Waals surface area contributed by atoms with Gasteiger partial charge in [-0.1, -0.05) is 0 Å². The topological polar surface area (TPSA) is 72.9 Å². The summed E-state index contributed by atoms with van der Waals surface area (Å²) in [5.74, 6) is 0.135. The lowest BCUT2D eigenvalue weighted by Crippen LogP contribution is -2.27. The van der Waals surface area contributed by atoms with Crippen LogP contribution in [0.15, 0.2) is 48.9 Å². The Labute approximate surface area is 175 Å². The number of hydrogen-bond donors (Lipinski definition) is 1. The molecule has 160 valence electrons. The maximum atomic E-state index is 13.4. The Morgan fingerprint density at radius 3 is 2.61 bits per heavy atom. The molecule has 1 atom stereocenters. The highest BCUT2D eigenvalue weighted by Crippen LogP contribution is 2.46. The highest BCUT2D eigenvalue weighted by molar-refractivity contribution is 5.70. The molecule has 0 spiro atoms. The Hall–Kier alpha value is -3.43. The van der Waals surface area contributed by atoms with Crippen LogP contribution in [0.4, 0.5) is 24.8 Å². The summed E-state index contributed by atoms with van der Waals surface area (Å²) >= 11 is 0. The molecule has 1 aliphatic carbocycles. The number of halogens is 3. The molecule has 4 aromatic heterocycles. The van der Waals surface area contributed by atoms with E-state index >= 15 is 0 Å². The van der Waals surface area contributed by atoms with Crippen LogP contribution in [0.5, 0.6) is 0 Å². The fraction of sp³-hybridized carbons (Fsp3) is 0.333. The van der Waals surface area contributed by atoms with Crippen molar-refractivity contribution < 1.29 is 13.2 Å². The monoisotopic (exact) mass is 427 g/mol. The quantitative estimate of drug-likeness (QED) is 0.494. The predicted octanol–water partition coefficient (Wildman–Crippen LogP) is 4.40. The first-order valence-corrected chi connectivity index (χ1v) is 10.0. The standard InChI is InChI=1S/C21H20F3N7/c1-30-18(5-8-26-30)27-17-10-14(4-7-25-17)15-6-9-31-19(11-15)28-29-20(31)12-16(13-2-3-13)21(22,23)24/h4-11,13,16H,2-3,12H2,1H3,(H,25,27). The van der Waals surface area contributed by atoms with Gasteiger partial charge >= 0.3 is 6.18 Å². The number of alkyl halides is 3. The van der Waals surface area contributed by atoms with Crippen molar-refractivity contribution in [1.82, 2.24) is 29.4 Å². The van der Waals surface area contributed by atoms with Gasteiger partial charge in [0.2, 0.25) is 0 Å². The van der Waals surface area contributed by atoms with Crippen LogP contribution in [0, 0.1) is 11.8 Å². The van der Waals surface area contributed by atoms with E-state index in [4.69, 9.17) is 0 Å². The third kappa shape index (κ3) is 3.97. The molecule has 0 aliphatic heterocycles. The minimum absolute atomic E-state index is 0.150. The van der Waals surface area contributed by atoms with Crippen molar-refractivity contribution in [3.63, 3.8) is 0 Å². The second-order valence-corrected chi connectivity index (χ2v) is 7.84. The number of aromatic nitrogens is 6. The molecule has 0 aromatic carbocycles. The van der Waals surface area contributed by atoms with Crippen molar-refractivity contribution in [3.05, 3.63) is 54.7 Å². The van der Waals surface area contributed by atoms with E-state index in [1.807, 2.05) is 37.4 Å². The molecule has 1 N–H and O–H groups in total. The first kappa shape index (κ1) is 19.5. The fourth-order valence-electron chi connectivity index (χ4n) is 3.81. The van der Waals surface area contributed by atoms with Crippen molar-refractivity contribution in [2.24, 2.45) is 18.9 Å². The summed E-state index contributed by atoms with van der Waals surface area (Å²) < 4.78 is 43.6. The molecular weight excluding hydrogens is 407 g/mol. The highest BCUT2D eigenvalue weighted by Gasteiger charge is 2.49. The Bertz CT molecular complexity index is 1220. The van der Waals surface area contributed by atoms with E-state index in [1.54, 1.807) is 27.7 Å². The summed E-state index contributed by atoms with van der Waals surface area (Å²) in [5, 5.41) is 15.5. The SMILES string of the molecule is Cn1nccc1Nc1cc(-c2ccn3c(CC(C4CC4)C(F)(F)F)nnc3c2)ccn1. The molecule has 1 fully saturated rings. The molecule has 1 aliphatic rings. The lowest BCUT2D eigenvalue weighted by Gasteiger charge is -2.18. The van der Waals surface area contributed by atoms with Crippen LogP contribution in [0.2, 0.25) is 0 Å². The van der Waals surface area contributed by atoms with Gasteiger partial charge in [-0.15, -0.1) is 10.2 Å². The third-order valence-electron chi connectivity index (χ3n) is 5.66. The zero-order valence-electron chi connectivity index (χ0n) is 16.7. The van der Waals surface area contributed by atoms with Crippen LogP contribution in [-0.2, 0) is 13.5 Å². The molecule has 1 saturated carbocycles.